The monoisotopic (exact) mass is 499 g/mol. The first-order valence-electron chi connectivity index (χ1n) is 10.3. The summed E-state index contributed by atoms with van der Waals surface area (Å²) in [6.45, 7) is 6.97. The molecule has 0 aromatic heterocycles. The van der Waals surface area contributed by atoms with Gasteiger partial charge in [-0.15, -0.1) is 0 Å². The van der Waals surface area contributed by atoms with Crippen LogP contribution in [0.15, 0.2) is 18.2 Å². The van der Waals surface area contributed by atoms with Crippen molar-refractivity contribution in [1.82, 2.24) is 0 Å². The van der Waals surface area contributed by atoms with E-state index in [9.17, 15) is 14.4 Å². The van der Waals surface area contributed by atoms with Crippen LogP contribution in [0.2, 0.25) is 0 Å². The highest BCUT2D eigenvalue weighted by atomic mass is 79.9. The number of alkyl halides is 1. The Hall–Kier alpha value is -2.13. The predicted octanol–water partition coefficient (Wildman–Crippen LogP) is 3.80. The highest BCUT2D eigenvalue weighted by Crippen LogP contribution is 2.37. The Kier molecular flexibility index (Phi) is 9.31. The normalized spacial score (nSPS) is 25.4. The van der Waals surface area contributed by atoms with Gasteiger partial charge < -0.3 is 24.3 Å². The van der Waals surface area contributed by atoms with E-state index < -0.39 is 30.4 Å². The minimum absolute atomic E-state index is 0.118. The molecule has 0 spiro atoms. The molecule has 0 saturated carbocycles. The molecule has 1 fully saturated rings. The first kappa shape index (κ1) is 25.1. The number of carbonyl (C=O) groups is 3. The van der Waals surface area contributed by atoms with E-state index in [0.29, 0.717) is 23.2 Å². The van der Waals surface area contributed by atoms with Crippen LogP contribution in [0.1, 0.15) is 46.1 Å². The number of esters is 2. The van der Waals surface area contributed by atoms with Crippen LogP contribution in [-0.4, -0.2) is 43.5 Å². The Bertz CT molecular complexity index is 800. The quantitative estimate of drug-likeness (QED) is 0.428. The summed E-state index contributed by atoms with van der Waals surface area (Å²) in [5.41, 5.74) is 1.49. The minimum Gasteiger partial charge on any atom is -0.467 e. The maximum atomic E-state index is 12.3. The lowest BCUT2D eigenvalue weighted by molar-refractivity contribution is -0.243. The standard InChI is InChI=1S/C22H30BrNO7/c1-6-7-18(26)24-16-10-15(11-23)8-9-17(16)30-22-13(3)12(2)19(29-14(4)25)20(31-22)21(27)28-5/h8-10,12-13,19-20,22H,6-7,11H2,1-5H3,(H,24,26)/t12-,13-,19+,20+,22-/m1/s1. The molecule has 1 aliphatic rings. The molecule has 1 aromatic rings. The van der Waals surface area contributed by atoms with E-state index >= 15 is 0 Å². The molecule has 1 heterocycles. The van der Waals surface area contributed by atoms with E-state index in [2.05, 4.69) is 21.2 Å². The summed E-state index contributed by atoms with van der Waals surface area (Å²) in [5.74, 6) is -1.32. The number of rotatable bonds is 8. The summed E-state index contributed by atoms with van der Waals surface area (Å²) in [7, 11) is 1.25. The first-order valence-corrected chi connectivity index (χ1v) is 11.4. The maximum absolute atomic E-state index is 12.3. The van der Waals surface area contributed by atoms with Crippen molar-refractivity contribution in [1.29, 1.82) is 0 Å². The summed E-state index contributed by atoms with van der Waals surface area (Å²) < 4.78 is 22.2. The van der Waals surface area contributed by atoms with E-state index in [1.165, 1.54) is 14.0 Å². The average Bonchev–Trinajstić information content (AvgIpc) is 2.73. The largest absolute Gasteiger partial charge is 0.467 e. The number of nitrogens with one attached hydrogen (secondary N) is 1. The Labute approximate surface area is 191 Å². The lowest BCUT2D eigenvalue weighted by Crippen LogP contribution is -2.55. The average molecular weight is 500 g/mol. The third kappa shape index (κ3) is 6.43. The molecule has 8 nitrogen and oxygen atoms in total. The molecule has 172 valence electrons. The number of methoxy groups -OCH3 is 1. The predicted molar refractivity (Wildman–Crippen MR) is 118 cm³/mol. The van der Waals surface area contributed by atoms with Gasteiger partial charge in [0.25, 0.3) is 0 Å². The molecule has 31 heavy (non-hydrogen) atoms. The summed E-state index contributed by atoms with van der Waals surface area (Å²) in [6, 6.07) is 5.45. The lowest BCUT2D eigenvalue weighted by Gasteiger charge is -2.42. The molecule has 1 aromatic carbocycles. The van der Waals surface area contributed by atoms with Crippen molar-refractivity contribution < 1.29 is 33.3 Å². The van der Waals surface area contributed by atoms with Crippen LogP contribution in [0.25, 0.3) is 0 Å². The van der Waals surface area contributed by atoms with Gasteiger partial charge in [0.05, 0.1) is 12.8 Å². The molecular weight excluding hydrogens is 470 g/mol. The number of benzene rings is 1. The van der Waals surface area contributed by atoms with Crippen LogP contribution in [0.5, 0.6) is 5.75 Å². The van der Waals surface area contributed by atoms with Gasteiger partial charge in [-0.25, -0.2) is 4.79 Å². The summed E-state index contributed by atoms with van der Waals surface area (Å²) in [6.07, 6.45) is -1.62. The second-order valence-electron chi connectivity index (χ2n) is 7.62. The van der Waals surface area contributed by atoms with Gasteiger partial charge in [0.2, 0.25) is 12.2 Å². The Morgan fingerprint density at radius 2 is 1.90 bits per heavy atom. The smallest absolute Gasteiger partial charge is 0.339 e. The second-order valence-corrected chi connectivity index (χ2v) is 8.18. The van der Waals surface area contributed by atoms with Crippen LogP contribution in [0, 0.1) is 11.8 Å². The van der Waals surface area contributed by atoms with Gasteiger partial charge in [-0.2, -0.15) is 0 Å². The number of amides is 1. The highest BCUT2D eigenvalue weighted by Gasteiger charge is 2.48. The SMILES string of the molecule is CCCC(=O)Nc1cc(CBr)ccc1O[C@@H]1O[C@H](C(=O)OC)[C@@H](OC(C)=O)[C@H](C)[C@H]1C. The molecule has 1 saturated heterocycles. The number of carbonyl (C=O) groups excluding carboxylic acids is 3. The third-order valence-corrected chi connectivity index (χ3v) is 5.93. The number of hydrogen-bond donors (Lipinski definition) is 1. The van der Waals surface area contributed by atoms with E-state index in [0.717, 1.165) is 12.0 Å². The topological polar surface area (TPSA) is 100 Å². The van der Waals surface area contributed by atoms with Gasteiger partial charge in [0.1, 0.15) is 11.9 Å². The Morgan fingerprint density at radius 1 is 1.19 bits per heavy atom. The fourth-order valence-corrected chi connectivity index (χ4v) is 3.74. The van der Waals surface area contributed by atoms with Crippen molar-refractivity contribution in [3.8, 4) is 5.75 Å². The Balaban J connectivity index is 2.31. The molecule has 0 unspecified atom stereocenters. The molecule has 9 heteroatoms. The first-order chi connectivity index (χ1) is 14.7. The fourth-order valence-electron chi connectivity index (χ4n) is 3.40. The summed E-state index contributed by atoms with van der Waals surface area (Å²) in [4.78, 5) is 36.0. The number of anilines is 1. The highest BCUT2D eigenvalue weighted by molar-refractivity contribution is 9.08. The van der Waals surface area contributed by atoms with Crippen molar-refractivity contribution in [3.63, 3.8) is 0 Å². The molecular formula is C22H30BrNO7. The molecule has 0 radical (unpaired) electrons. The van der Waals surface area contributed by atoms with Crippen molar-refractivity contribution >= 4 is 39.5 Å². The Morgan fingerprint density at radius 3 is 2.48 bits per heavy atom. The zero-order valence-electron chi connectivity index (χ0n) is 18.5. The number of ether oxygens (including phenoxy) is 4. The summed E-state index contributed by atoms with van der Waals surface area (Å²) in [5, 5.41) is 3.50. The zero-order valence-corrected chi connectivity index (χ0v) is 20.1. The number of halogens is 1. The van der Waals surface area contributed by atoms with Crippen molar-refractivity contribution in [2.75, 3.05) is 12.4 Å². The van der Waals surface area contributed by atoms with Gasteiger partial charge in [-0.1, -0.05) is 42.8 Å². The lowest BCUT2D eigenvalue weighted by atomic mass is 9.84. The van der Waals surface area contributed by atoms with E-state index in [1.54, 1.807) is 6.07 Å². The molecule has 2 rings (SSSR count). The molecule has 1 N–H and O–H groups in total. The van der Waals surface area contributed by atoms with Crippen LogP contribution < -0.4 is 10.1 Å². The summed E-state index contributed by atoms with van der Waals surface area (Å²) >= 11 is 3.42. The molecule has 0 aliphatic carbocycles. The van der Waals surface area contributed by atoms with Crippen LogP contribution in [-0.2, 0) is 33.9 Å². The molecule has 5 atom stereocenters. The third-order valence-electron chi connectivity index (χ3n) is 5.28. The van der Waals surface area contributed by atoms with Gasteiger partial charge in [-0.3, -0.25) is 9.59 Å². The van der Waals surface area contributed by atoms with Crippen LogP contribution >= 0.6 is 15.9 Å². The minimum atomic E-state index is -1.12. The van der Waals surface area contributed by atoms with Gasteiger partial charge in [0, 0.05) is 30.5 Å². The van der Waals surface area contributed by atoms with Crippen molar-refractivity contribution in [2.45, 2.75) is 64.4 Å². The fraction of sp³-hybridized carbons (Fsp3) is 0.591. The molecule has 0 bridgehead atoms. The molecule has 1 aliphatic heterocycles. The van der Waals surface area contributed by atoms with E-state index in [-0.39, 0.29) is 17.7 Å². The van der Waals surface area contributed by atoms with Crippen LogP contribution in [0.4, 0.5) is 5.69 Å². The van der Waals surface area contributed by atoms with Gasteiger partial charge in [0.15, 0.2) is 6.10 Å². The second kappa shape index (κ2) is 11.5. The van der Waals surface area contributed by atoms with Gasteiger partial charge >= 0.3 is 11.9 Å². The van der Waals surface area contributed by atoms with Gasteiger partial charge in [-0.05, 0) is 24.1 Å². The maximum Gasteiger partial charge on any atom is 0.339 e. The zero-order chi connectivity index (χ0) is 23.1. The van der Waals surface area contributed by atoms with E-state index in [4.69, 9.17) is 18.9 Å². The van der Waals surface area contributed by atoms with Crippen molar-refractivity contribution in [2.24, 2.45) is 11.8 Å². The van der Waals surface area contributed by atoms with E-state index in [1.807, 2.05) is 32.9 Å². The number of hydrogen-bond acceptors (Lipinski definition) is 7. The van der Waals surface area contributed by atoms with Crippen molar-refractivity contribution in [3.05, 3.63) is 23.8 Å². The van der Waals surface area contributed by atoms with Crippen LogP contribution in [0.3, 0.4) is 0 Å². The molecule has 1 amide bonds.